The molecule has 0 aliphatic carbocycles. The van der Waals surface area contributed by atoms with Gasteiger partial charge >= 0.3 is 0 Å². The summed E-state index contributed by atoms with van der Waals surface area (Å²) in [6, 6.07) is 0.558. The van der Waals surface area contributed by atoms with Gasteiger partial charge in [-0.2, -0.15) is 0 Å². The van der Waals surface area contributed by atoms with E-state index in [1.807, 2.05) is 0 Å². The molecule has 0 amide bonds. The zero-order valence-electron chi connectivity index (χ0n) is 8.16. The van der Waals surface area contributed by atoms with Gasteiger partial charge in [0.1, 0.15) is 0 Å². The molecule has 1 aliphatic heterocycles. The first kappa shape index (κ1) is 10.9. The van der Waals surface area contributed by atoms with Crippen molar-refractivity contribution in [3.8, 4) is 0 Å². The lowest BCUT2D eigenvalue weighted by Gasteiger charge is -2.30. The first-order valence-electron chi connectivity index (χ1n) is 4.76. The van der Waals surface area contributed by atoms with E-state index >= 15 is 0 Å². The summed E-state index contributed by atoms with van der Waals surface area (Å²) in [6.45, 7) is 2.72. The standard InChI is InChI=1S/C9H18N2OS/c1-11(5-4-9(10)13)8-3-2-6-12-7-8/h8H,2-7H2,1H3,(H2,10,13). The molecule has 1 saturated heterocycles. The van der Waals surface area contributed by atoms with Gasteiger partial charge in [0.15, 0.2) is 0 Å². The maximum atomic E-state index is 5.44. The highest BCUT2D eigenvalue weighted by Gasteiger charge is 2.17. The van der Waals surface area contributed by atoms with Crippen LogP contribution in [0.4, 0.5) is 0 Å². The highest BCUT2D eigenvalue weighted by molar-refractivity contribution is 7.80. The Labute approximate surface area is 85.2 Å². The molecule has 0 spiro atoms. The number of thiocarbonyl (C=S) groups is 1. The molecular weight excluding hydrogens is 184 g/mol. The monoisotopic (exact) mass is 202 g/mol. The van der Waals surface area contributed by atoms with E-state index in [0.29, 0.717) is 11.0 Å². The number of likely N-dealkylation sites (N-methyl/N-ethyl adjacent to an activating group) is 1. The molecule has 0 radical (unpaired) electrons. The number of rotatable bonds is 4. The van der Waals surface area contributed by atoms with Gasteiger partial charge in [0, 0.05) is 25.6 Å². The van der Waals surface area contributed by atoms with Crippen molar-refractivity contribution in [2.24, 2.45) is 5.73 Å². The highest BCUT2D eigenvalue weighted by atomic mass is 32.1. The first-order chi connectivity index (χ1) is 6.20. The summed E-state index contributed by atoms with van der Waals surface area (Å²) in [5, 5.41) is 0. The average Bonchev–Trinajstić information content (AvgIpc) is 2.15. The molecule has 3 nitrogen and oxygen atoms in total. The van der Waals surface area contributed by atoms with Gasteiger partial charge in [-0.3, -0.25) is 0 Å². The number of nitrogens with zero attached hydrogens (tertiary/aromatic N) is 1. The van der Waals surface area contributed by atoms with Crippen LogP contribution in [0, 0.1) is 0 Å². The van der Waals surface area contributed by atoms with Gasteiger partial charge in [0.25, 0.3) is 0 Å². The van der Waals surface area contributed by atoms with Crippen LogP contribution in [0.15, 0.2) is 0 Å². The molecule has 0 bridgehead atoms. The Morgan fingerprint density at radius 3 is 3.00 bits per heavy atom. The Bertz CT molecular complexity index is 169. The van der Waals surface area contributed by atoms with Gasteiger partial charge in [-0.1, -0.05) is 12.2 Å². The highest BCUT2D eigenvalue weighted by Crippen LogP contribution is 2.11. The van der Waals surface area contributed by atoms with E-state index in [-0.39, 0.29) is 0 Å². The van der Waals surface area contributed by atoms with Gasteiger partial charge in [-0.15, -0.1) is 0 Å². The lowest BCUT2D eigenvalue weighted by atomic mass is 10.1. The number of nitrogens with two attached hydrogens (primary N) is 1. The maximum absolute atomic E-state index is 5.44. The fourth-order valence-corrected chi connectivity index (χ4v) is 1.63. The molecule has 76 valence electrons. The Morgan fingerprint density at radius 1 is 1.69 bits per heavy atom. The van der Waals surface area contributed by atoms with Gasteiger partial charge in [-0.25, -0.2) is 0 Å². The normalized spacial score (nSPS) is 23.4. The van der Waals surface area contributed by atoms with E-state index < -0.39 is 0 Å². The molecular formula is C9H18N2OS. The van der Waals surface area contributed by atoms with Gasteiger partial charge in [0.05, 0.1) is 11.6 Å². The molecule has 1 heterocycles. The van der Waals surface area contributed by atoms with Crippen LogP contribution in [-0.4, -0.2) is 42.7 Å². The van der Waals surface area contributed by atoms with Crippen LogP contribution in [0.25, 0.3) is 0 Å². The van der Waals surface area contributed by atoms with Crippen molar-refractivity contribution in [3.05, 3.63) is 0 Å². The molecule has 1 unspecified atom stereocenters. The summed E-state index contributed by atoms with van der Waals surface area (Å²) in [5.74, 6) is 0. The van der Waals surface area contributed by atoms with E-state index in [1.165, 1.54) is 12.8 Å². The number of ether oxygens (including phenoxy) is 1. The van der Waals surface area contributed by atoms with Crippen molar-refractivity contribution in [1.29, 1.82) is 0 Å². The molecule has 0 saturated carbocycles. The van der Waals surface area contributed by atoms with Crippen molar-refractivity contribution in [1.82, 2.24) is 4.90 Å². The molecule has 0 aromatic rings. The lowest BCUT2D eigenvalue weighted by Crippen LogP contribution is -2.39. The molecule has 1 fully saturated rings. The molecule has 4 heteroatoms. The summed E-state index contributed by atoms with van der Waals surface area (Å²) < 4.78 is 5.40. The van der Waals surface area contributed by atoms with Crippen molar-refractivity contribution in [3.63, 3.8) is 0 Å². The first-order valence-corrected chi connectivity index (χ1v) is 5.17. The topological polar surface area (TPSA) is 38.5 Å². The summed E-state index contributed by atoms with van der Waals surface area (Å²) >= 11 is 4.84. The molecule has 1 atom stereocenters. The predicted octanol–water partition coefficient (Wildman–Crippen LogP) is 0.773. The minimum absolute atomic E-state index is 0.558. The summed E-state index contributed by atoms with van der Waals surface area (Å²) in [6.07, 6.45) is 3.21. The van der Waals surface area contributed by atoms with Crippen molar-refractivity contribution >= 4 is 17.2 Å². The van der Waals surface area contributed by atoms with Crippen molar-refractivity contribution in [2.45, 2.75) is 25.3 Å². The third-order valence-electron chi connectivity index (χ3n) is 2.47. The summed E-state index contributed by atoms with van der Waals surface area (Å²) in [4.78, 5) is 2.89. The Kier molecular flexibility index (Phi) is 4.62. The fraction of sp³-hybridized carbons (Fsp3) is 0.889. The molecule has 0 aromatic heterocycles. The van der Waals surface area contributed by atoms with Gasteiger partial charge in [0.2, 0.25) is 0 Å². The van der Waals surface area contributed by atoms with Gasteiger partial charge < -0.3 is 15.4 Å². The van der Waals surface area contributed by atoms with E-state index in [9.17, 15) is 0 Å². The largest absolute Gasteiger partial charge is 0.393 e. The third-order valence-corrected chi connectivity index (χ3v) is 2.67. The molecule has 1 aliphatic rings. The minimum atomic E-state index is 0.558. The smallest absolute Gasteiger partial charge is 0.0740 e. The Hall–Kier alpha value is -0.190. The van der Waals surface area contributed by atoms with Crippen LogP contribution in [-0.2, 0) is 4.74 Å². The van der Waals surface area contributed by atoms with E-state index in [1.54, 1.807) is 0 Å². The van der Waals surface area contributed by atoms with Crippen molar-refractivity contribution < 1.29 is 4.74 Å². The summed E-state index contributed by atoms with van der Waals surface area (Å²) in [5.41, 5.74) is 5.44. The number of hydrogen-bond donors (Lipinski definition) is 1. The Balaban J connectivity index is 2.20. The van der Waals surface area contributed by atoms with Crippen LogP contribution in [0.5, 0.6) is 0 Å². The number of hydrogen-bond acceptors (Lipinski definition) is 3. The van der Waals surface area contributed by atoms with Crippen molar-refractivity contribution in [2.75, 3.05) is 26.8 Å². The molecule has 0 aromatic carbocycles. The SMILES string of the molecule is CN(CCC(N)=S)C1CCCOC1. The quantitative estimate of drug-likeness (QED) is 0.684. The van der Waals surface area contributed by atoms with Crippen LogP contribution >= 0.6 is 12.2 Å². The molecule has 13 heavy (non-hydrogen) atoms. The van der Waals surface area contributed by atoms with Crippen LogP contribution in [0.3, 0.4) is 0 Å². The van der Waals surface area contributed by atoms with Crippen LogP contribution in [0.1, 0.15) is 19.3 Å². The molecule has 1 rings (SSSR count). The second-order valence-corrected chi connectivity index (χ2v) is 4.09. The third kappa shape index (κ3) is 4.02. The van der Waals surface area contributed by atoms with E-state index in [2.05, 4.69) is 11.9 Å². The zero-order chi connectivity index (χ0) is 9.68. The van der Waals surface area contributed by atoms with E-state index in [4.69, 9.17) is 22.7 Å². The zero-order valence-corrected chi connectivity index (χ0v) is 8.98. The molecule has 2 N–H and O–H groups in total. The van der Waals surface area contributed by atoms with Crippen LogP contribution in [0.2, 0.25) is 0 Å². The van der Waals surface area contributed by atoms with Gasteiger partial charge in [-0.05, 0) is 19.9 Å². The van der Waals surface area contributed by atoms with Crippen LogP contribution < -0.4 is 5.73 Å². The second kappa shape index (κ2) is 5.52. The average molecular weight is 202 g/mol. The lowest BCUT2D eigenvalue weighted by molar-refractivity contribution is 0.0286. The predicted molar refractivity (Wildman–Crippen MR) is 57.9 cm³/mol. The minimum Gasteiger partial charge on any atom is -0.393 e. The fourth-order valence-electron chi connectivity index (χ4n) is 1.54. The van der Waals surface area contributed by atoms with E-state index in [0.717, 1.165) is 26.2 Å². The Morgan fingerprint density at radius 2 is 2.46 bits per heavy atom. The summed E-state index contributed by atoms with van der Waals surface area (Å²) in [7, 11) is 2.11. The second-order valence-electron chi connectivity index (χ2n) is 3.57. The maximum Gasteiger partial charge on any atom is 0.0740 e.